The molecule has 6 nitrogen and oxygen atoms in total. The molecule has 8 heteroatoms. The summed E-state index contributed by atoms with van der Waals surface area (Å²) in [6, 6.07) is 15.4. The van der Waals surface area contributed by atoms with E-state index < -0.39 is 10.1 Å². The van der Waals surface area contributed by atoms with Crippen molar-refractivity contribution in [3.63, 3.8) is 0 Å². The van der Waals surface area contributed by atoms with Crippen molar-refractivity contribution in [3.8, 4) is 5.75 Å². The number of nitrogen functional groups attached to an aromatic ring is 1. The highest BCUT2D eigenvalue weighted by molar-refractivity contribution is 9.10. The third-order valence-corrected chi connectivity index (χ3v) is 5.53. The highest BCUT2D eigenvalue weighted by atomic mass is 79.9. The molecule has 0 saturated carbocycles. The van der Waals surface area contributed by atoms with E-state index in [4.69, 9.17) is 15.1 Å². The fraction of sp³-hybridized carbons (Fsp3) is 0.190. The topological polar surface area (TPSA) is 93.5 Å². The first-order valence-electron chi connectivity index (χ1n) is 8.75. The van der Waals surface area contributed by atoms with Gasteiger partial charge in [-0.25, -0.2) is 5.84 Å². The Morgan fingerprint density at radius 3 is 2.14 bits per heavy atom. The Labute approximate surface area is 179 Å². The molecule has 154 valence electrons. The van der Waals surface area contributed by atoms with Crippen LogP contribution < -0.4 is 15.3 Å². The Bertz CT molecular complexity index is 1040. The highest BCUT2D eigenvalue weighted by Gasteiger charge is 2.16. The fourth-order valence-electron chi connectivity index (χ4n) is 2.93. The van der Waals surface area contributed by atoms with Gasteiger partial charge in [0.15, 0.2) is 5.75 Å². The second kappa shape index (κ2) is 9.87. The quantitative estimate of drug-likeness (QED) is 0.336. The molecule has 0 aliphatic rings. The number of pyridine rings is 1. The summed E-state index contributed by atoms with van der Waals surface area (Å²) in [6.45, 7) is 5.76. The fourth-order valence-corrected chi connectivity index (χ4v) is 4.32. The van der Waals surface area contributed by atoms with Crippen LogP contribution >= 0.6 is 15.9 Å². The van der Waals surface area contributed by atoms with Crippen molar-refractivity contribution in [2.75, 3.05) is 5.84 Å². The lowest BCUT2D eigenvalue weighted by molar-refractivity contribution is -0.639. The Morgan fingerprint density at radius 2 is 1.62 bits per heavy atom. The maximum Gasteiger partial charge on any atom is 0.295 e. The van der Waals surface area contributed by atoms with E-state index in [0.717, 1.165) is 21.3 Å². The van der Waals surface area contributed by atoms with Gasteiger partial charge in [-0.05, 0) is 53.4 Å². The lowest BCUT2D eigenvalue weighted by Gasteiger charge is -2.07. The molecule has 1 heterocycles. The molecule has 3 rings (SSSR count). The minimum atomic E-state index is -4.08. The van der Waals surface area contributed by atoms with E-state index in [1.54, 1.807) is 38.4 Å². The number of aryl methyl sites for hydroxylation is 3. The van der Waals surface area contributed by atoms with Gasteiger partial charge >= 0.3 is 0 Å². The molecule has 0 atom stereocenters. The third-order valence-electron chi connectivity index (χ3n) is 3.94. The second-order valence-electron chi connectivity index (χ2n) is 6.61. The molecule has 0 bridgehead atoms. The van der Waals surface area contributed by atoms with Gasteiger partial charge in [0.05, 0.1) is 9.37 Å². The zero-order valence-electron chi connectivity index (χ0n) is 16.5. The van der Waals surface area contributed by atoms with E-state index in [1.165, 1.54) is 4.68 Å². The number of ether oxygens (including phenoxy) is 1. The molecule has 0 amide bonds. The van der Waals surface area contributed by atoms with Crippen LogP contribution in [0.3, 0.4) is 0 Å². The first kappa shape index (κ1) is 22.9. The molecule has 29 heavy (non-hydrogen) atoms. The number of rotatable bonds is 4. The number of benzene rings is 2. The van der Waals surface area contributed by atoms with Gasteiger partial charge in [-0.2, -0.15) is 8.42 Å². The molecule has 3 N–H and O–H groups in total. The number of nitrogens with two attached hydrogens (primary N) is 1. The van der Waals surface area contributed by atoms with E-state index in [1.807, 2.05) is 43.3 Å². The summed E-state index contributed by atoms with van der Waals surface area (Å²) in [7, 11) is -4.08. The van der Waals surface area contributed by atoms with Crippen LogP contribution in [0.4, 0.5) is 0 Å². The van der Waals surface area contributed by atoms with Gasteiger partial charge in [0, 0.05) is 6.07 Å². The molecule has 1 aromatic heterocycles. The predicted octanol–water partition coefficient (Wildman–Crippen LogP) is 3.89. The average Bonchev–Trinajstić information content (AvgIpc) is 2.58. The average molecular weight is 480 g/mol. The number of hydrogen-bond donors (Lipinski definition) is 2. The number of hydrogen-bond acceptors (Lipinski definition) is 4. The minimum absolute atomic E-state index is 0.0260. The molecule has 0 aliphatic heterocycles. The van der Waals surface area contributed by atoms with Crippen LogP contribution in [0.2, 0.25) is 0 Å². The van der Waals surface area contributed by atoms with E-state index >= 15 is 0 Å². The standard InChI is InChI=1S/C12H12BrN2O.C9H12O3S/c13-11-6-12(8-15(14)7-11)16-9-10-4-2-1-3-5-10;1-6-4-7(2)9(8(3)5-6)13(10,11)12/h1-8H,9,14H2;4-5H,1-3H3,(H,10,11,12)/q+1;. The molecule has 0 saturated heterocycles. The van der Waals surface area contributed by atoms with Gasteiger partial charge in [0.2, 0.25) is 12.4 Å². The zero-order valence-corrected chi connectivity index (χ0v) is 18.9. The molecule has 3 aromatic rings. The summed E-state index contributed by atoms with van der Waals surface area (Å²) in [5.74, 6) is 6.37. The molecule has 0 unspecified atom stereocenters. The van der Waals surface area contributed by atoms with Crippen LogP contribution in [0, 0.1) is 20.8 Å². The van der Waals surface area contributed by atoms with Crippen molar-refractivity contribution in [3.05, 3.63) is 87.7 Å². The Kier molecular flexibility index (Phi) is 7.78. The van der Waals surface area contributed by atoms with Crippen LogP contribution in [0.1, 0.15) is 22.3 Å². The molecular formula is C21H24BrN2O4S+. The molecule has 0 aliphatic carbocycles. The summed E-state index contributed by atoms with van der Waals surface area (Å²) in [6.07, 6.45) is 3.49. The zero-order chi connectivity index (χ0) is 21.6. The van der Waals surface area contributed by atoms with E-state index in [9.17, 15) is 8.42 Å². The number of aromatic nitrogens is 1. The maximum absolute atomic E-state index is 10.9. The highest BCUT2D eigenvalue weighted by Crippen LogP contribution is 2.21. The van der Waals surface area contributed by atoms with Gasteiger partial charge in [-0.3, -0.25) is 4.55 Å². The Morgan fingerprint density at radius 1 is 1.03 bits per heavy atom. The summed E-state index contributed by atoms with van der Waals surface area (Å²) < 4.78 is 38.8. The van der Waals surface area contributed by atoms with Crippen LogP contribution in [0.5, 0.6) is 5.75 Å². The number of nitrogens with zero attached hydrogens (tertiary/aromatic N) is 1. The first-order valence-corrected chi connectivity index (χ1v) is 11.0. The minimum Gasteiger partial charge on any atom is -0.483 e. The normalized spacial score (nSPS) is 10.8. The van der Waals surface area contributed by atoms with Gasteiger partial charge in [0.25, 0.3) is 10.1 Å². The van der Waals surface area contributed by atoms with Crippen molar-refractivity contribution >= 4 is 26.0 Å². The molecule has 2 aromatic carbocycles. The monoisotopic (exact) mass is 479 g/mol. The van der Waals surface area contributed by atoms with E-state index in [0.29, 0.717) is 17.7 Å². The van der Waals surface area contributed by atoms with Gasteiger partial charge in [-0.15, -0.1) is 0 Å². The van der Waals surface area contributed by atoms with Gasteiger partial charge in [0.1, 0.15) is 6.61 Å². The molecular weight excluding hydrogens is 456 g/mol. The lowest BCUT2D eigenvalue weighted by atomic mass is 10.1. The van der Waals surface area contributed by atoms with Crippen LogP contribution in [-0.2, 0) is 16.7 Å². The SMILES string of the molecule is Cc1cc(C)c(S(=O)(=O)O)c(C)c1.N[n+]1cc(Br)cc(OCc2ccccc2)c1. The summed E-state index contributed by atoms with van der Waals surface area (Å²) in [5.41, 5.74) is 3.29. The summed E-state index contributed by atoms with van der Waals surface area (Å²) >= 11 is 3.36. The lowest BCUT2D eigenvalue weighted by Crippen LogP contribution is -2.43. The second-order valence-corrected chi connectivity index (χ2v) is 8.89. The van der Waals surface area contributed by atoms with Crippen molar-refractivity contribution in [2.45, 2.75) is 32.3 Å². The predicted molar refractivity (Wildman–Crippen MR) is 116 cm³/mol. The van der Waals surface area contributed by atoms with Crippen LogP contribution in [0.25, 0.3) is 0 Å². The molecule has 0 radical (unpaired) electrons. The largest absolute Gasteiger partial charge is 0.483 e. The van der Waals surface area contributed by atoms with Crippen molar-refractivity contribution in [1.29, 1.82) is 0 Å². The first-order chi connectivity index (χ1) is 13.6. The van der Waals surface area contributed by atoms with Crippen molar-refractivity contribution < 1.29 is 22.4 Å². The summed E-state index contributed by atoms with van der Waals surface area (Å²) in [4.78, 5) is 0.0260. The maximum atomic E-state index is 10.9. The molecule has 0 fully saturated rings. The summed E-state index contributed by atoms with van der Waals surface area (Å²) in [5, 5.41) is 0. The Balaban J connectivity index is 0.000000212. The van der Waals surface area contributed by atoms with Crippen molar-refractivity contribution in [1.82, 2.24) is 0 Å². The van der Waals surface area contributed by atoms with E-state index in [-0.39, 0.29) is 4.90 Å². The van der Waals surface area contributed by atoms with Gasteiger partial charge in [-0.1, -0.05) is 52.7 Å². The van der Waals surface area contributed by atoms with Crippen molar-refractivity contribution in [2.24, 2.45) is 0 Å². The third kappa shape index (κ3) is 7.16. The van der Waals surface area contributed by atoms with Crippen LogP contribution in [0.15, 0.2) is 70.3 Å². The molecule has 0 spiro atoms. The Hall–Kier alpha value is -2.42. The smallest absolute Gasteiger partial charge is 0.295 e. The van der Waals surface area contributed by atoms with Gasteiger partial charge < -0.3 is 4.74 Å². The van der Waals surface area contributed by atoms with E-state index in [2.05, 4.69) is 15.9 Å². The number of halogens is 1. The van der Waals surface area contributed by atoms with Crippen LogP contribution in [-0.4, -0.2) is 13.0 Å².